The second kappa shape index (κ2) is 5.49. The fourth-order valence-corrected chi connectivity index (χ4v) is 2.14. The molecule has 5 heteroatoms. The van der Waals surface area contributed by atoms with Gasteiger partial charge in [-0.3, -0.25) is 0 Å². The average molecular weight is 265 g/mol. The van der Waals surface area contributed by atoms with Gasteiger partial charge in [0.1, 0.15) is 5.82 Å². The molecular weight excluding hydrogens is 250 g/mol. The van der Waals surface area contributed by atoms with Crippen LogP contribution in [0.5, 0.6) is 0 Å². The van der Waals surface area contributed by atoms with E-state index in [1.165, 1.54) is 6.21 Å². The maximum absolute atomic E-state index is 8.99. The van der Waals surface area contributed by atoms with Gasteiger partial charge in [0.2, 0.25) is 0 Å². The average Bonchev–Trinajstić information content (AvgIpc) is 2.81. The zero-order valence-electron chi connectivity index (χ0n) is 11.4. The Morgan fingerprint density at radius 2 is 2.25 bits per heavy atom. The van der Waals surface area contributed by atoms with Gasteiger partial charge in [-0.2, -0.15) is 5.26 Å². The Morgan fingerprint density at radius 1 is 1.50 bits per heavy atom. The molecule has 2 aromatic rings. The lowest BCUT2D eigenvalue weighted by Crippen LogP contribution is -2.03. The third-order valence-corrected chi connectivity index (χ3v) is 2.98. The Morgan fingerprint density at radius 3 is 2.80 bits per heavy atom. The molecule has 100 valence electrons. The van der Waals surface area contributed by atoms with Crippen LogP contribution in [-0.2, 0) is 6.54 Å². The molecule has 20 heavy (non-hydrogen) atoms. The van der Waals surface area contributed by atoms with E-state index in [1.54, 1.807) is 25.1 Å². The lowest BCUT2D eigenvalue weighted by atomic mass is 10.2. The van der Waals surface area contributed by atoms with E-state index >= 15 is 0 Å². The van der Waals surface area contributed by atoms with Crippen LogP contribution in [0.4, 0.5) is 0 Å². The van der Waals surface area contributed by atoms with Gasteiger partial charge in [0.05, 0.1) is 22.7 Å². The fourth-order valence-electron chi connectivity index (χ4n) is 2.14. The highest BCUT2D eigenvalue weighted by molar-refractivity contribution is 6.14. The van der Waals surface area contributed by atoms with Crippen molar-refractivity contribution in [3.8, 4) is 6.07 Å². The number of fused-ring (bicyclic) bond motifs is 1. The first-order valence-corrected chi connectivity index (χ1v) is 6.28. The number of aryl methyl sites for hydroxylation is 1. The minimum absolute atomic E-state index is 0.371. The molecule has 0 aliphatic rings. The lowest BCUT2D eigenvalue weighted by molar-refractivity contribution is 0.775. The molecule has 0 unspecified atom stereocenters. The number of benzene rings is 1. The third-order valence-electron chi connectivity index (χ3n) is 2.98. The second-order valence-corrected chi connectivity index (χ2v) is 4.42. The van der Waals surface area contributed by atoms with Gasteiger partial charge in [-0.15, -0.1) is 0 Å². The monoisotopic (exact) mass is 265 g/mol. The van der Waals surface area contributed by atoms with Crippen LogP contribution in [0.25, 0.3) is 16.6 Å². The molecular formula is C15H15N5. The maximum Gasteiger partial charge on any atom is 0.142 e. The van der Waals surface area contributed by atoms with E-state index < -0.39 is 0 Å². The van der Waals surface area contributed by atoms with Crippen molar-refractivity contribution in [3.63, 3.8) is 0 Å². The van der Waals surface area contributed by atoms with Crippen molar-refractivity contribution in [2.45, 2.75) is 20.4 Å². The van der Waals surface area contributed by atoms with E-state index in [2.05, 4.69) is 11.1 Å². The van der Waals surface area contributed by atoms with Gasteiger partial charge in [-0.1, -0.05) is 0 Å². The van der Waals surface area contributed by atoms with Crippen LogP contribution in [0.3, 0.4) is 0 Å². The zero-order chi connectivity index (χ0) is 14.7. The molecule has 0 radical (unpaired) electrons. The van der Waals surface area contributed by atoms with Crippen LogP contribution in [-0.4, -0.2) is 21.5 Å². The summed E-state index contributed by atoms with van der Waals surface area (Å²) in [4.78, 5) is 4.52. The van der Waals surface area contributed by atoms with Crippen LogP contribution in [0.15, 0.2) is 24.3 Å². The first-order valence-electron chi connectivity index (χ1n) is 6.28. The van der Waals surface area contributed by atoms with Crippen LogP contribution in [0, 0.1) is 22.1 Å². The summed E-state index contributed by atoms with van der Waals surface area (Å²) in [5.74, 6) is 0.652. The Hall–Kier alpha value is -2.74. The van der Waals surface area contributed by atoms with Gasteiger partial charge in [0.25, 0.3) is 0 Å². The number of hydrogen-bond donors (Lipinski definition) is 2. The Balaban J connectivity index is 2.74. The minimum Gasteiger partial charge on any atom is -0.324 e. The molecule has 0 aliphatic heterocycles. The summed E-state index contributed by atoms with van der Waals surface area (Å²) in [5.41, 5.74) is 3.21. The first-order chi connectivity index (χ1) is 9.60. The predicted molar refractivity (Wildman–Crippen MR) is 80.3 cm³/mol. The number of rotatable bonds is 4. The quantitative estimate of drug-likeness (QED) is 0.832. The largest absolute Gasteiger partial charge is 0.324 e. The normalized spacial score (nSPS) is 11.3. The van der Waals surface area contributed by atoms with Crippen molar-refractivity contribution in [1.82, 2.24) is 9.55 Å². The van der Waals surface area contributed by atoms with Crippen LogP contribution in [0.1, 0.15) is 25.2 Å². The molecule has 0 atom stereocenters. The highest BCUT2D eigenvalue weighted by Crippen LogP contribution is 2.22. The fraction of sp³-hybridized carbons (Fsp3) is 0.200. The third kappa shape index (κ3) is 2.36. The Bertz CT molecular complexity index is 758. The summed E-state index contributed by atoms with van der Waals surface area (Å²) in [6, 6.07) is 7.46. The van der Waals surface area contributed by atoms with E-state index in [0.29, 0.717) is 29.2 Å². The van der Waals surface area contributed by atoms with Crippen molar-refractivity contribution in [2.75, 3.05) is 0 Å². The topological polar surface area (TPSA) is 89.3 Å². The van der Waals surface area contributed by atoms with Crippen LogP contribution in [0.2, 0.25) is 0 Å². The summed E-state index contributed by atoms with van der Waals surface area (Å²) < 4.78 is 1.95. The van der Waals surface area contributed by atoms with Crippen LogP contribution >= 0.6 is 0 Å². The van der Waals surface area contributed by atoms with Gasteiger partial charge in [-0.05, 0) is 38.1 Å². The van der Waals surface area contributed by atoms with Crippen molar-refractivity contribution in [3.05, 3.63) is 35.7 Å². The molecule has 2 N–H and O–H groups in total. The van der Waals surface area contributed by atoms with Crippen LogP contribution < -0.4 is 0 Å². The molecule has 0 saturated heterocycles. The van der Waals surface area contributed by atoms with Crippen molar-refractivity contribution in [2.24, 2.45) is 0 Å². The molecule has 0 spiro atoms. The number of allylic oxidation sites excluding steroid dienone is 2. The maximum atomic E-state index is 8.99. The van der Waals surface area contributed by atoms with Gasteiger partial charge in [0, 0.05) is 24.0 Å². The van der Waals surface area contributed by atoms with E-state index in [-0.39, 0.29) is 0 Å². The van der Waals surface area contributed by atoms with E-state index in [9.17, 15) is 0 Å². The smallest absolute Gasteiger partial charge is 0.142 e. The second-order valence-electron chi connectivity index (χ2n) is 4.42. The molecule has 0 amide bonds. The molecule has 1 aromatic carbocycles. The van der Waals surface area contributed by atoms with Gasteiger partial charge in [0.15, 0.2) is 0 Å². The van der Waals surface area contributed by atoms with Crippen molar-refractivity contribution in [1.29, 1.82) is 16.1 Å². The summed E-state index contributed by atoms with van der Waals surface area (Å²) in [6.07, 6.45) is 2.82. The standard InChI is InChI=1S/C15H15N5/c1-3-20-14-7-11(8-16)4-5-13(14)19-15(20)12(9-17)6-10(2)18/h4-7,9,17-18H,3H2,1-2H3/b12-6+,17-9?,18-10?. The summed E-state index contributed by atoms with van der Waals surface area (Å²) in [5, 5.41) is 24.0. The van der Waals surface area contributed by atoms with Crippen molar-refractivity contribution >= 4 is 28.5 Å². The molecule has 0 bridgehead atoms. The number of nitrogens with zero attached hydrogens (tertiary/aromatic N) is 3. The molecule has 2 rings (SSSR count). The van der Waals surface area contributed by atoms with E-state index in [0.717, 1.165) is 11.0 Å². The first kappa shape index (κ1) is 13.7. The minimum atomic E-state index is 0.371. The SMILES string of the molecule is CCn1c(/C(C=N)=C/C(C)=N)nc2ccc(C#N)cc21. The van der Waals surface area contributed by atoms with Gasteiger partial charge in [-0.25, -0.2) is 4.98 Å². The summed E-state index contributed by atoms with van der Waals surface area (Å²) in [6.45, 7) is 4.33. The molecule has 0 saturated carbocycles. The number of nitriles is 1. The molecule has 1 heterocycles. The molecule has 5 nitrogen and oxygen atoms in total. The Kier molecular flexibility index (Phi) is 3.76. The molecule has 0 aliphatic carbocycles. The lowest BCUT2D eigenvalue weighted by Gasteiger charge is -2.06. The summed E-state index contributed by atoms with van der Waals surface area (Å²) >= 11 is 0. The molecule has 1 aromatic heterocycles. The number of nitrogens with one attached hydrogen (secondary N) is 2. The highest BCUT2D eigenvalue weighted by Gasteiger charge is 2.13. The molecule has 0 fully saturated rings. The van der Waals surface area contributed by atoms with Gasteiger partial charge < -0.3 is 15.4 Å². The summed E-state index contributed by atoms with van der Waals surface area (Å²) in [7, 11) is 0. The predicted octanol–water partition coefficient (Wildman–Crippen LogP) is 3.00. The van der Waals surface area contributed by atoms with E-state index in [1.807, 2.05) is 17.6 Å². The van der Waals surface area contributed by atoms with Gasteiger partial charge >= 0.3 is 0 Å². The van der Waals surface area contributed by atoms with E-state index in [4.69, 9.17) is 16.1 Å². The Labute approximate surface area is 117 Å². The highest BCUT2D eigenvalue weighted by atomic mass is 15.1. The number of imidazole rings is 1. The van der Waals surface area contributed by atoms with Crippen molar-refractivity contribution < 1.29 is 0 Å². The zero-order valence-corrected chi connectivity index (χ0v) is 11.4. The number of hydrogen-bond acceptors (Lipinski definition) is 4. The number of aromatic nitrogens is 2.